The second kappa shape index (κ2) is 9.64. The maximum Gasteiger partial charge on any atom is 0.340 e. The van der Waals surface area contributed by atoms with E-state index in [0.717, 1.165) is 22.5 Å². The Hall–Kier alpha value is -2.72. The zero-order valence-corrected chi connectivity index (χ0v) is 21.0. The van der Waals surface area contributed by atoms with Gasteiger partial charge in [-0.2, -0.15) is 0 Å². The highest BCUT2D eigenvalue weighted by molar-refractivity contribution is 7.94. The van der Waals surface area contributed by atoms with Gasteiger partial charge in [0.2, 0.25) is 5.78 Å². The molecule has 0 bridgehead atoms. The molecule has 0 fully saturated rings. The smallest absolute Gasteiger partial charge is 0.340 e. The fourth-order valence-electron chi connectivity index (χ4n) is 3.84. The third-order valence-electron chi connectivity index (χ3n) is 5.69. The number of rotatable bonds is 7. The summed E-state index contributed by atoms with van der Waals surface area (Å²) in [4.78, 5) is 39.6. The Labute approximate surface area is 198 Å². The van der Waals surface area contributed by atoms with E-state index in [1.165, 1.54) is 12.0 Å². The quantitative estimate of drug-likeness (QED) is 0.468. The lowest BCUT2D eigenvalue weighted by Gasteiger charge is -2.27. The molecule has 1 aromatic carbocycles. The minimum absolute atomic E-state index is 0.00488. The van der Waals surface area contributed by atoms with Gasteiger partial charge < -0.3 is 9.64 Å². The number of Topliss-reactive ketones (excluding diaryl/α,β-unsaturated/α-hetero) is 1. The minimum Gasteiger partial charge on any atom is -0.465 e. The predicted octanol–water partition coefficient (Wildman–Crippen LogP) is 3.45. The fourth-order valence-corrected chi connectivity index (χ4v) is 6.78. The van der Waals surface area contributed by atoms with E-state index >= 15 is 0 Å². The minimum atomic E-state index is -4.10. The van der Waals surface area contributed by atoms with Crippen LogP contribution in [0.25, 0.3) is 0 Å². The van der Waals surface area contributed by atoms with Crippen LogP contribution in [0.3, 0.4) is 0 Å². The molecule has 0 unspecified atom stereocenters. The third-order valence-corrected chi connectivity index (χ3v) is 8.81. The summed E-state index contributed by atoms with van der Waals surface area (Å²) in [6.07, 6.45) is 0.816. The number of aryl methyl sites for hydroxylation is 2. The van der Waals surface area contributed by atoms with Crippen LogP contribution in [0.2, 0.25) is 0 Å². The van der Waals surface area contributed by atoms with Crippen LogP contribution in [0.4, 0.5) is 5.69 Å². The lowest BCUT2D eigenvalue weighted by molar-refractivity contribution is -0.147. The Kier molecular flexibility index (Phi) is 7.28. The van der Waals surface area contributed by atoms with Gasteiger partial charge in [-0.15, -0.1) is 11.3 Å². The van der Waals surface area contributed by atoms with Crippen LogP contribution in [-0.2, 0) is 37.3 Å². The molecule has 0 spiro atoms. The van der Waals surface area contributed by atoms with Crippen molar-refractivity contribution < 1.29 is 27.5 Å². The molecule has 0 radical (unpaired) electrons. The first kappa shape index (κ1) is 24.9. The summed E-state index contributed by atoms with van der Waals surface area (Å²) >= 11 is 0.931. The molecular formula is C23H28N2O6S2. The van der Waals surface area contributed by atoms with Crippen molar-refractivity contribution in [2.45, 2.75) is 51.3 Å². The number of nitrogens with one attached hydrogen (secondary N) is 1. The molecule has 2 heterocycles. The fraction of sp³-hybridized carbons (Fsp3) is 0.435. The molecule has 33 heavy (non-hydrogen) atoms. The number of ketones is 1. The Morgan fingerprint density at radius 2 is 1.82 bits per heavy atom. The van der Waals surface area contributed by atoms with Crippen LogP contribution >= 0.6 is 11.3 Å². The number of sulfonamides is 1. The van der Waals surface area contributed by atoms with Gasteiger partial charge in [-0.25, -0.2) is 13.2 Å². The summed E-state index contributed by atoms with van der Waals surface area (Å²) in [5.74, 6) is -2.18. The number of hydrogen-bond acceptors (Lipinski definition) is 7. The number of carbonyl (C=O) groups is 3. The molecule has 1 N–H and O–H groups in total. The topological polar surface area (TPSA) is 110 Å². The SMILES string of the molecule is CC[C@@H](C)C(=O)C(=O)N1CCc2c(sc(S(=O)(=O)Nc3cc(C)cc(C)c3)c2C(=O)OC)C1. The van der Waals surface area contributed by atoms with Crippen molar-refractivity contribution in [2.24, 2.45) is 5.92 Å². The van der Waals surface area contributed by atoms with E-state index in [0.29, 0.717) is 22.5 Å². The third kappa shape index (κ3) is 5.11. The molecule has 1 amide bonds. The first-order valence-electron chi connectivity index (χ1n) is 10.7. The normalized spacial score (nSPS) is 14.4. The van der Waals surface area contributed by atoms with E-state index < -0.39 is 27.7 Å². The molecule has 0 saturated carbocycles. The Bertz CT molecular complexity index is 1200. The number of benzene rings is 1. The van der Waals surface area contributed by atoms with Crippen molar-refractivity contribution in [3.8, 4) is 0 Å². The first-order chi connectivity index (χ1) is 15.5. The van der Waals surface area contributed by atoms with Gasteiger partial charge in [-0.05, 0) is 55.5 Å². The monoisotopic (exact) mass is 492 g/mol. The summed E-state index contributed by atoms with van der Waals surface area (Å²) < 4.78 is 33.9. The van der Waals surface area contributed by atoms with Crippen molar-refractivity contribution in [1.82, 2.24) is 4.90 Å². The number of anilines is 1. The van der Waals surface area contributed by atoms with Crippen LogP contribution in [-0.4, -0.2) is 44.6 Å². The summed E-state index contributed by atoms with van der Waals surface area (Å²) in [5, 5.41) is 0. The van der Waals surface area contributed by atoms with Gasteiger partial charge in [0, 0.05) is 23.0 Å². The second-order valence-electron chi connectivity index (χ2n) is 8.29. The van der Waals surface area contributed by atoms with Crippen LogP contribution in [0.15, 0.2) is 22.4 Å². The highest BCUT2D eigenvalue weighted by Crippen LogP contribution is 2.37. The van der Waals surface area contributed by atoms with Crippen LogP contribution in [0.5, 0.6) is 0 Å². The number of fused-ring (bicyclic) bond motifs is 1. The van der Waals surface area contributed by atoms with E-state index in [-0.39, 0.29) is 35.2 Å². The molecule has 1 atom stereocenters. The van der Waals surface area contributed by atoms with Crippen molar-refractivity contribution >= 4 is 44.7 Å². The van der Waals surface area contributed by atoms with Crippen LogP contribution < -0.4 is 4.72 Å². The summed E-state index contributed by atoms with van der Waals surface area (Å²) in [6.45, 7) is 7.57. The molecule has 3 rings (SSSR count). The molecule has 10 heteroatoms. The number of thiophene rings is 1. The molecule has 2 aromatic rings. The van der Waals surface area contributed by atoms with Gasteiger partial charge in [0.1, 0.15) is 0 Å². The summed E-state index contributed by atoms with van der Waals surface area (Å²) in [7, 11) is -2.90. The van der Waals surface area contributed by atoms with Crippen molar-refractivity contribution in [3.05, 3.63) is 45.3 Å². The molecule has 0 saturated heterocycles. The lowest BCUT2D eigenvalue weighted by Crippen LogP contribution is -2.41. The van der Waals surface area contributed by atoms with Crippen molar-refractivity contribution in [2.75, 3.05) is 18.4 Å². The number of nitrogens with zero attached hydrogens (tertiary/aromatic N) is 1. The second-order valence-corrected chi connectivity index (χ2v) is 11.3. The predicted molar refractivity (Wildman–Crippen MR) is 126 cm³/mol. The Balaban J connectivity index is 1.99. The van der Waals surface area contributed by atoms with Crippen LogP contribution in [0.1, 0.15) is 52.2 Å². The molecule has 1 aliphatic rings. The zero-order valence-electron chi connectivity index (χ0n) is 19.4. The molecular weight excluding hydrogens is 464 g/mol. The first-order valence-corrected chi connectivity index (χ1v) is 13.0. The Morgan fingerprint density at radius 3 is 2.39 bits per heavy atom. The largest absolute Gasteiger partial charge is 0.465 e. The maximum atomic E-state index is 13.3. The molecule has 1 aliphatic heterocycles. The average Bonchev–Trinajstić information content (AvgIpc) is 3.15. The number of esters is 1. The van der Waals surface area contributed by atoms with E-state index in [1.54, 1.807) is 19.1 Å². The van der Waals surface area contributed by atoms with Gasteiger partial charge in [-0.1, -0.05) is 19.9 Å². The lowest BCUT2D eigenvalue weighted by atomic mass is 10.00. The zero-order chi connectivity index (χ0) is 24.5. The number of methoxy groups -OCH3 is 1. The summed E-state index contributed by atoms with van der Waals surface area (Å²) in [6, 6.07) is 5.33. The van der Waals surface area contributed by atoms with E-state index in [4.69, 9.17) is 4.74 Å². The number of carbonyl (C=O) groups excluding carboxylic acids is 3. The number of ether oxygens (including phenoxy) is 1. The van der Waals surface area contributed by atoms with Crippen molar-refractivity contribution in [3.63, 3.8) is 0 Å². The van der Waals surface area contributed by atoms with Gasteiger partial charge in [0.25, 0.3) is 15.9 Å². The molecule has 178 valence electrons. The maximum absolute atomic E-state index is 13.3. The van der Waals surface area contributed by atoms with E-state index in [2.05, 4.69) is 4.72 Å². The van der Waals surface area contributed by atoms with Crippen LogP contribution in [0, 0.1) is 19.8 Å². The highest BCUT2D eigenvalue weighted by Gasteiger charge is 2.36. The number of amides is 1. The van der Waals surface area contributed by atoms with E-state index in [9.17, 15) is 22.8 Å². The molecule has 0 aliphatic carbocycles. The van der Waals surface area contributed by atoms with E-state index in [1.807, 2.05) is 26.8 Å². The standard InChI is InChI=1S/C23H28N2O6S2/c1-6-15(4)20(26)21(27)25-8-7-17-18(12-25)32-23(19(17)22(28)31-5)33(29,30)24-16-10-13(2)9-14(3)11-16/h9-11,15,24H,6-8,12H2,1-5H3/t15-/m1/s1. The van der Waals surface area contributed by atoms with Crippen molar-refractivity contribution in [1.29, 1.82) is 0 Å². The average molecular weight is 493 g/mol. The van der Waals surface area contributed by atoms with Gasteiger partial charge in [0.05, 0.1) is 19.2 Å². The van der Waals surface area contributed by atoms with Gasteiger partial charge in [-0.3, -0.25) is 14.3 Å². The number of hydrogen-bond donors (Lipinski definition) is 1. The highest BCUT2D eigenvalue weighted by atomic mass is 32.2. The van der Waals surface area contributed by atoms with Gasteiger partial charge in [0.15, 0.2) is 4.21 Å². The van der Waals surface area contributed by atoms with Gasteiger partial charge >= 0.3 is 5.97 Å². The summed E-state index contributed by atoms with van der Waals surface area (Å²) in [5.41, 5.74) is 2.73. The molecule has 8 nitrogen and oxygen atoms in total. The Morgan fingerprint density at radius 1 is 1.18 bits per heavy atom. The molecule has 1 aromatic heterocycles.